The minimum atomic E-state index is 0.952. The smallest absolute Gasteiger partial charge is 0.0546 e. The first-order valence-corrected chi connectivity index (χ1v) is 19.1. The summed E-state index contributed by atoms with van der Waals surface area (Å²) in [7, 11) is 0. The van der Waals surface area contributed by atoms with Crippen LogP contribution in [0.2, 0.25) is 0 Å². The zero-order valence-corrected chi connectivity index (χ0v) is 30.1. The van der Waals surface area contributed by atoms with Crippen LogP contribution in [-0.2, 0) is 6.42 Å². The monoisotopic (exact) mass is 698 g/mol. The van der Waals surface area contributed by atoms with Crippen molar-refractivity contribution in [2.75, 3.05) is 0 Å². The van der Waals surface area contributed by atoms with Gasteiger partial charge in [0.1, 0.15) is 0 Å². The number of hydrogen-bond donors (Lipinski definition) is 0. The molecule has 2 aromatic heterocycles. The van der Waals surface area contributed by atoms with E-state index in [-0.39, 0.29) is 0 Å². The van der Waals surface area contributed by atoms with Crippen LogP contribution in [0.4, 0.5) is 0 Å². The summed E-state index contributed by atoms with van der Waals surface area (Å²) in [5, 5.41) is 7.53. The number of rotatable bonds is 4. The van der Waals surface area contributed by atoms with Gasteiger partial charge in [0.15, 0.2) is 0 Å². The van der Waals surface area contributed by atoms with Gasteiger partial charge in [-0.2, -0.15) is 0 Å². The third-order valence-electron chi connectivity index (χ3n) is 11.9. The fourth-order valence-corrected chi connectivity index (χ4v) is 9.45. The molecule has 0 aliphatic heterocycles. The molecule has 0 saturated carbocycles. The summed E-state index contributed by atoms with van der Waals surface area (Å²) in [6.45, 7) is 0. The van der Waals surface area contributed by atoms with Crippen LogP contribution in [0.25, 0.3) is 99.1 Å². The average Bonchev–Trinajstić information content (AvgIpc) is 3.91. The van der Waals surface area contributed by atoms with Gasteiger partial charge in [-0.1, -0.05) is 140 Å². The van der Waals surface area contributed by atoms with Crippen molar-refractivity contribution in [1.29, 1.82) is 0 Å². The van der Waals surface area contributed by atoms with E-state index in [0.29, 0.717) is 0 Å². The van der Waals surface area contributed by atoms with Gasteiger partial charge in [-0.3, -0.25) is 0 Å². The Balaban J connectivity index is 1.05. The maximum Gasteiger partial charge on any atom is 0.0546 e. The van der Waals surface area contributed by atoms with Crippen LogP contribution in [0.1, 0.15) is 11.1 Å². The summed E-state index contributed by atoms with van der Waals surface area (Å²) < 4.78 is 4.96. The zero-order chi connectivity index (χ0) is 36.0. The number of fused-ring (bicyclic) bond motifs is 10. The highest BCUT2D eigenvalue weighted by atomic mass is 15.0. The molecule has 9 aromatic carbocycles. The van der Waals surface area contributed by atoms with Gasteiger partial charge in [0, 0.05) is 33.4 Å². The van der Waals surface area contributed by atoms with Crippen molar-refractivity contribution in [3.05, 3.63) is 205 Å². The first-order valence-electron chi connectivity index (χ1n) is 19.1. The molecule has 2 heteroatoms. The van der Waals surface area contributed by atoms with Crippen LogP contribution >= 0.6 is 0 Å². The van der Waals surface area contributed by atoms with Crippen LogP contribution in [0.5, 0.6) is 0 Å². The Bertz CT molecular complexity index is 3340. The molecule has 1 aliphatic rings. The quantitative estimate of drug-likeness (QED) is 0.173. The maximum atomic E-state index is 2.49. The molecule has 11 aromatic rings. The lowest BCUT2D eigenvalue weighted by atomic mass is 9.99. The Labute approximate surface area is 318 Å². The Hall–Kier alpha value is -7.16. The molecular formula is C53H34N2. The van der Waals surface area contributed by atoms with Gasteiger partial charge >= 0.3 is 0 Å². The first kappa shape index (κ1) is 30.3. The van der Waals surface area contributed by atoms with Crippen molar-refractivity contribution < 1.29 is 0 Å². The number of nitrogens with zero attached hydrogens (tertiary/aromatic N) is 2. The molecule has 0 radical (unpaired) electrons. The second-order valence-electron chi connectivity index (χ2n) is 14.9. The number of benzene rings is 9. The van der Waals surface area contributed by atoms with E-state index >= 15 is 0 Å². The van der Waals surface area contributed by atoms with E-state index in [9.17, 15) is 0 Å². The Morgan fingerprint density at radius 2 is 0.873 bits per heavy atom. The molecule has 12 rings (SSSR count). The van der Waals surface area contributed by atoms with Gasteiger partial charge in [-0.25, -0.2) is 0 Å². The van der Waals surface area contributed by atoms with Gasteiger partial charge in [0.05, 0.1) is 33.4 Å². The lowest BCUT2D eigenvalue weighted by Gasteiger charge is -2.15. The summed E-state index contributed by atoms with van der Waals surface area (Å²) in [6, 6.07) is 71.7. The molecule has 55 heavy (non-hydrogen) atoms. The fourth-order valence-electron chi connectivity index (χ4n) is 9.45. The highest BCUT2D eigenvalue weighted by Gasteiger charge is 2.24. The largest absolute Gasteiger partial charge is 0.309 e. The molecule has 0 bridgehead atoms. The lowest BCUT2D eigenvalue weighted by molar-refractivity contribution is 1.12. The third-order valence-corrected chi connectivity index (χ3v) is 11.9. The summed E-state index contributed by atoms with van der Waals surface area (Å²) in [4.78, 5) is 0. The average molecular weight is 699 g/mol. The van der Waals surface area contributed by atoms with Crippen LogP contribution in [0.3, 0.4) is 0 Å². The number of para-hydroxylation sites is 2. The van der Waals surface area contributed by atoms with Gasteiger partial charge in [0.25, 0.3) is 0 Å². The van der Waals surface area contributed by atoms with Crippen LogP contribution in [0.15, 0.2) is 194 Å². The minimum Gasteiger partial charge on any atom is -0.309 e. The summed E-state index contributed by atoms with van der Waals surface area (Å²) in [5.41, 5.74) is 17.7. The Morgan fingerprint density at radius 1 is 0.309 bits per heavy atom. The van der Waals surface area contributed by atoms with Crippen molar-refractivity contribution in [1.82, 2.24) is 9.13 Å². The van der Waals surface area contributed by atoms with E-state index in [1.54, 1.807) is 0 Å². The predicted molar refractivity (Wildman–Crippen MR) is 232 cm³/mol. The molecule has 0 spiro atoms. The predicted octanol–water partition coefficient (Wildman–Crippen LogP) is 13.9. The molecule has 0 atom stereocenters. The second kappa shape index (κ2) is 11.7. The molecule has 1 aliphatic carbocycles. The van der Waals surface area contributed by atoms with Crippen molar-refractivity contribution in [2.24, 2.45) is 0 Å². The SMILES string of the molecule is c1ccc(-c2cc(-n3c4ccccc4c4cc(-c5ccc6c(c5)c5ccccc5n6-c5cccc6c5Cc5ccccc5-6)ccc43)c3ccccc3c2)cc1. The van der Waals surface area contributed by atoms with E-state index in [0.717, 1.165) is 6.42 Å². The van der Waals surface area contributed by atoms with E-state index in [4.69, 9.17) is 0 Å². The minimum absolute atomic E-state index is 0.952. The summed E-state index contributed by atoms with van der Waals surface area (Å²) in [6.07, 6.45) is 0.952. The normalized spacial score (nSPS) is 12.3. The Kier molecular flexibility index (Phi) is 6.43. The molecule has 0 fully saturated rings. The van der Waals surface area contributed by atoms with E-state index < -0.39 is 0 Å². The highest BCUT2D eigenvalue weighted by molar-refractivity contribution is 6.14. The van der Waals surface area contributed by atoms with Gasteiger partial charge in [0.2, 0.25) is 0 Å². The number of hydrogen-bond acceptors (Lipinski definition) is 0. The maximum absolute atomic E-state index is 2.49. The van der Waals surface area contributed by atoms with E-state index in [1.807, 2.05) is 0 Å². The molecule has 0 amide bonds. The molecule has 0 N–H and O–H groups in total. The van der Waals surface area contributed by atoms with Crippen LogP contribution < -0.4 is 0 Å². The molecule has 2 heterocycles. The van der Waals surface area contributed by atoms with Crippen molar-refractivity contribution in [2.45, 2.75) is 6.42 Å². The first-order chi connectivity index (χ1) is 27.3. The molecule has 2 nitrogen and oxygen atoms in total. The van der Waals surface area contributed by atoms with Crippen LogP contribution in [-0.4, -0.2) is 9.13 Å². The zero-order valence-electron chi connectivity index (χ0n) is 30.1. The highest BCUT2D eigenvalue weighted by Crippen LogP contribution is 2.44. The molecular weight excluding hydrogens is 665 g/mol. The molecule has 0 saturated heterocycles. The Morgan fingerprint density at radius 3 is 1.60 bits per heavy atom. The topological polar surface area (TPSA) is 9.86 Å². The standard InChI is InChI=1S/C53H34N2/c1-2-13-34(14-3-1)39-29-37-15-5-7-18-41(37)53(33-39)55-49-23-11-9-20-44(49)47-31-36(26-28-52(47)55)35-25-27-51-46(30-35)43-19-8-10-22-48(43)54(51)50-24-12-21-42-40-17-6-4-16-38(40)32-45(42)50/h1-31,33H,32H2. The van der Waals surface area contributed by atoms with E-state index in [2.05, 4.69) is 203 Å². The van der Waals surface area contributed by atoms with Crippen molar-refractivity contribution in [3.8, 4) is 44.8 Å². The van der Waals surface area contributed by atoms with Gasteiger partial charge in [-0.05, 0) is 104 Å². The van der Waals surface area contributed by atoms with E-state index in [1.165, 1.54) is 110 Å². The van der Waals surface area contributed by atoms with Gasteiger partial charge < -0.3 is 9.13 Å². The van der Waals surface area contributed by atoms with Crippen molar-refractivity contribution in [3.63, 3.8) is 0 Å². The molecule has 256 valence electrons. The molecule has 0 unspecified atom stereocenters. The van der Waals surface area contributed by atoms with Gasteiger partial charge in [-0.15, -0.1) is 0 Å². The van der Waals surface area contributed by atoms with Crippen LogP contribution in [0, 0.1) is 0 Å². The number of aromatic nitrogens is 2. The van der Waals surface area contributed by atoms with Crippen molar-refractivity contribution >= 4 is 54.4 Å². The second-order valence-corrected chi connectivity index (χ2v) is 14.9. The third kappa shape index (κ3) is 4.49. The lowest BCUT2D eigenvalue weighted by Crippen LogP contribution is -1.99. The summed E-state index contributed by atoms with van der Waals surface area (Å²) >= 11 is 0. The summed E-state index contributed by atoms with van der Waals surface area (Å²) in [5.74, 6) is 0. The fraction of sp³-hybridized carbons (Fsp3) is 0.0189.